The Hall–Kier alpha value is -0.120. The first-order valence-corrected chi connectivity index (χ1v) is 5.66. The van der Waals surface area contributed by atoms with Crippen molar-refractivity contribution >= 4 is 0 Å². The zero-order valence-corrected chi connectivity index (χ0v) is 9.17. The highest BCUT2D eigenvalue weighted by Gasteiger charge is 2.33. The molecule has 1 saturated carbocycles. The van der Waals surface area contributed by atoms with Crippen LogP contribution >= 0.6 is 0 Å². The van der Waals surface area contributed by atoms with Crippen LogP contribution in [0.3, 0.4) is 0 Å². The zero-order chi connectivity index (χ0) is 10.4. The Labute approximate surface area is 86.6 Å². The predicted octanol–water partition coefficient (Wildman–Crippen LogP) is 1.44. The molecule has 1 aliphatic rings. The first-order chi connectivity index (χ1) is 6.69. The average Bonchev–Trinajstić information content (AvgIpc) is 2.12. The van der Waals surface area contributed by atoms with Gasteiger partial charge in [0, 0.05) is 7.11 Å². The summed E-state index contributed by atoms with van der Waals surface area (Å²) >= 11 is 0. The fourth-order valence-electron chi connectivity index (χ4n) is 2.22. The van der Waals surface area contributed by atoms with Crippen molar-refractivity contribution in [1.29, 1.82) is 0 Å². The molecule has 0 aliphatic heterocycles. The van der Waals surface area contributed by atoms with Crippen molar-refractivity contribution in [3.8, 4) is 0 Å². The van der Waals surface area contributed by atoms with Crippen molar-refractivity contribution < 1.29 is 9.84 Å². The number of hydrogen-bond donors (Lipinski definition) is 2. The van der Waals surface area contributed by atoms with E-state index < -0.39 is 5.60 Å². The lowest BCUT2D eigenvalue weighted by molar-refractivity contribution is -0.0310. The summed E-state index contributed by atoms with van der Waals surface area (Å²) in [6.45, 7) is 0.455. The van der Waals surface area contributed by atoms with E-state index in [4.69, 9.17) is 10.5 Å². The third kappa shape index (κ3) is 3.23. The van der Waals surface area contributed by atoms with Crippen LogP contribution in [0.4, 0.5) is 0 Å². The lowest BCUT2D eigenvalue weighted by atomic mass is 9.82. The summed E-state index contributed by atoms with van der Waals surface area (Å²) in [6, 6.07) is -0.231. The molecule has 0 aromatic carbocycles. The molecule has 0 saturated heterocycles. The van der Waals surface area contributed by atoms with Gasteiger partial charge in [-0.3, -0.25) is 0 Å². The van der Waals surface area contributed by atoms with E-state index >= 15 is 0 Å². The molecule has 0 aromatic rings. The minimum atomic E-state index is -0.684. The zero-order valence-electron chi connectivity index (χ0n) is 9.17. The molecular weight excluding hydrogens is 178 g/mol. The highest BCUT2D eigenvalue weighted by atomic mass is 16.5. The second-order valence-electron chi connectivity index (χ2n) is 4.43. The summed E-state index contributed by atoms with van der Waals surface area (Å²) in [5.41, 5.74) is 5.25. The second kappa shape index (κ2) is 5.69. The van der Waals surface area contributed by atoms with Gasteiger partial charge in [0.15, 0.2) is 0 Å². The van der Waals surface area contributed by atoms with Crippen molar-refractivity contribution in [3.05, 3.63) is 0 Å². The maximum atomic E-state index is 10.4. The van der Waals surface area contributed by atoms with Crippen LogP contribution < -0.4 is 5.73 Å². The van der Waals surface area contributed by atoms with Crippen LogP contribution in [0.15, 0.2) is 0 Å². The molecule has 0 radical (unpaired) electrons. The molecule has 0 spiro atoms. The van der Waals surface area contributed by atoms with Gasteiger partial charge in [0.2, 0.25) is 0 Å². The summed E-state index contributed by atoms with van der Waals surface area (Å²) < 4.78 is 5.01. The number of rotatable bonds is 3. The number of nitrogens with two attached hydrogens (primary N) is 1. The van der Waals surface area contributed by atoms with Crippen molar-refractivity contribution in [2.24, 2.45) is 5.73 Å². The quantitative estimate of drug-likeness (QED) is 0.726. The second-order valence-corrected chi connectivity index (χ2v) is 4.43. The van der Waals surface area contributed by atoms with E-state index in [1.165, 1.54) is 19.3 Å². The molecule has 0 aromatic heterocycles. The molecule has 1 rings (SSSR count). The summed E-state index contributed by atoms with van der Waals surface area (Å²) in [5.74, 6) is 0. The molecule has 1 atom stereocenters. The summed E-state index contributed by atoms with van der Waals surface area (Å²) in [7, 11) is 1.63. The van der Waals surface area contributed by atoms with Gasteiger partial charge in [-0.25, -0.2) is 0 Å². The maximum absolute atomic E-state index is 10.4. The summed E-state index contributed by atoms with van der Waals surface area (Å²) in [6.07, 6.45) is 7.59. The Morgan fingerprint density at radius 2 is 1.71 bits per heavy atom. The standard InChI is InChI=1S/C11H23NO2/c1-14-9-10(12)11(13)7-5-3-2-4-6-8-11/h10,13H,2-9,12H2,1H3. The van der Waals surface area contributed by atoms with Gasteiger partial charge in [-0.05, 0) is 12.8 Å². The number of hydrogen-bond acceptors (Lipinski definition) is 3. The number of aliphatic hydroxyl groups is 1. The summed E-state index contributed by atoms with van der Waals surface area (Å²) in [4.78, 5) is 0. The fraction of sp³-hybridized carbons (Fsp3) is 1.00. The van der Waals surface area contributed by atoms with Crippen molar-refractivity contribution in [2.45, 2.75) is 56.6 Å². The normalized spacial score (nSPS) is 25.1. The molecule has 14 heavy (non-hydrogen) atoms. The van der Waals surface area contributed by atoms with E-state index in [0.717, 1.165) is 25.7 Å². The molecule has 0 bridgehead atoms. The maximum Gasteiger partial charge on any atom is 0.0820 e. The molecule has 1 aliphatic carbocycles. The molecule has 0 amide bonds. The molecule has 3 N–H and O–H groups in total. The van der Waals surface area contributed by atoms with E-state index in [1.54, 1.807) is 7.11 Å². The molecule has 1 fully saturated rings. The first-order valence-electron chi connectivity index (χ1n) is 5.66. The molecule has 3 heteroatoms. The van der Waals surface area contributed by atoms with Crippen LogP contribution in [0.5, 0.6) is 0 Å². The average molecular weight is 201 g/mol. The Bertz CT molecular complexity index is 153. The highest BCUT2D eigenvalue weighted by Crippen LogP contribution is 2.28. The van der Waals surface area contributed by atoms with Gasteiger partial charge < -0.3 is 15.6 Å². The van der Waals surface area contributed by atoms with Crippen molar-refractivity contribution in [3.63, 3.8) is 0 Å². The largest absolute Gasteiger partial charge is 0.388 e. The predicted molar refractivity (Wildman–Crippen MR) is 57.1 cm³/mol. The minimum Gasteiger partial charge on any atom is -0.388 e. The molecular formula is C11H23NO2. The topological polar surface area (TPSA) is 55.5 Å². The van der Waals surface area contributed by atoms with Gasteiger partial charge in [-0.15, -0.1) is 0 Å². The van der Waals surface area contributed by atoms with E-state index in [-0.39, 0.29) is 6.04 Å². The van der Waals surface area contributed by atoms with Gasteiger partial charge >= 0.3 is 0 Å². The number of ether oxygens (including phenoxy) is 1. The lowest BCUT2D eigenvalue weighted by Gasteiger charge is -2.35. The van der Waals surface area contributed by atoms with Crippen LogP contribution in [0.25, 0.3) is 0 Å². The smallest absolute Gasteiger partial charge is 0.0820 e. The fourth-order valence-corrected chi connectivity index (χ4v) is 2.22. The van der Waals surface area contributed by atoms with E-state index in [2.05, 4.69) is 0 Å². The Balaban J connectivity index is 2.49. The van der Waals surface area contributed by atoms with Crippen LogP contribution in [-0.2, 0) is 4.74 Å². The molecule has 1 unspecified atom stereocenters. The first kappa shape index (κ1) is 12.0. The van der Waals surface area contributed by atoms with E-state index in [9.17, 15) is 5.11 Å². The summed E-state index contributed by atoms with van der Waals surface area (Å²) in [5, 5.41) is 10.4. The Kier molecular flexibility index (Phi) is 4.85. The third-order valence-corrected chi connectivity index (χ3v) is 3.26. The van der Waals surface area contributed by atoms with Crippen molar-refractivity contribution in [1.82, 2.24) is 0 Å². The molecule has 3 nitrogen and oxygen atoms in total. The van der Waals surface area contributed by atoms with E-state index in [0.29, 0.717) is 6.61 Å². The minimum absolute atomic E-state index is 0.231. The van der Waals surface area contributed by atoms with Crippen LogP contribution in [0.2, 0.25) is 0 Å². The monoisotopic (exact) mass is 201 g/mol. The van der Waals surface area contributed by atoms with Gasteiger partial charge in [-0.2, -0.15) is 0 Å². The lowest BCUT2D eigenvalue weighted by Crippen LogP contribution is -2.50. The SMILES string of the molecule is COCC(N)C1(O)CCCCCCC1. The van der Waals surface area contributed by atoms with E-state index in [1.807, 2.05) is 0 Å². The number of methoxy groups -OCH3 is 1. The van der Waals surface area contributed by atoms with Crippen LogP contribution in [-0.4, -0.2) is 30.5 Å². The van der Waals surface area contributed by atoms with Crippen LogP contribution in [0, 0.1) is 0 Å². The molecule has 0 heterocycles. The van der Waals surface area contributed by atoms with Crippen LogP contribution in [0.1, 0.15) is 44.9 Å². The van der Waals surface area contributed by atoms with Gasteiger partial charge in [0.1, 0.15) is 0 Å². The highest BCUT2D eigenvalue weighted by molar-refractivity contribution is 4.90. The third-order valence-electron chi connectivity index (χ3n) is 3.26. The molecule has 84 valence electrons. The van der Waals surface area contributed by atoms with Gasteiger partial charge in [0.25, 0.3) is 0 Å². The van der Waals surface area contributed by atoms with Gasteiger partial charge in [-0.1, -0.05) is 32.1 Å². The van der Waals surface area contributed by atoms with Gasteiger partial charge in [0.05, 0.1) is 18.2 Å². The Morgan fingerprint density at radius 3 is 2.21 bits per heavy atom. The Morgan fingerprint density at radius 1 is 1.21 bits per heavy atom. The van der Waals surface area contributed by atoms with Crippen molar-refractivity contribution in [2.75, 3.05) is 13.7 Å².